The SMILES string of the molecule is CCOC(=O)C1CCN(C(=O)C=Cc2ccc(Sc3cccc(Br)c3)c(Cl)c2Cl)CC1. The Labute approximate surface area is 205 Å². The molecule has 1 heterocycles. The van der Waals surface area contributed by atoms with Crippen molar-refractivity contribution in [2.45, 2.75) is 29.6 Å². The van der Waals surface area contributed by atoms with Gasteiger partial charge >= 0.3 is 5.97 Å². The third-order valence-electron chi connectivity index (χ3n) is 4.93. The molecule has 0 unspecified atom stereocenters. The molecule has 1 fully saturated rings. The third-order valence-corrected chi connectivity index (χ3v) is 7.48. The van der Waals surface area contributed by atoms with Gasteiger partial charge in [-0.3, -0.25) is 9.59 Å². The van der Waals surface area contributed by atoms with Crippen LogP contribution in [-0.2, 0) is 14.3 Å². The summed E-state index contributed by atoms with van der Waals surface area (Å²) >= 11 is 17.9. The van der Waals surface area contributed by atoms with Crippen LogP contribution < -0.4 is 0 Å². The monoisotopic (exact) mass is 541 g/mol. The minimum Gasteiger partial charge on any atom is -0.466 e. The van der Waals surface area contributed by atoms with Crippen molar-refractivity contribution in [2.75, 3.05) is 19.7 Å². The van der Waals surface area contributed by atoms with Gasteiger partial charge in [0.25, 0.3) is 0 Å². The molecule has 1 aliphatic heterocycles. The zero-order valence-electron chi connectivity index (χ0n) is 16.9. The maximum atomic E-state index is 12.5. The van der Waals surface area contributed by atoms with Gasteiger partial charge < -0.3 is 9.64 Å². The lowest BCUT2D eigenvalue weighted by Gasteiger charge is -2.30. The molecule has 8 heteroatoms. The number of likely N-dealkylation sites (tertiary alicyclic amines) is 1. The molecule has 164 valence electrons. The normalized spacial score (nSPS) is 14.8. The highest BCUT2D eigenvalue weighted by Crippen LogP contribution is 2.39. The van der Waals surface area contributed by atoms with E-state index < -0.39 is 0 Å². The Morgan fingerprint density at radius 1 is 1.19 bits per heavy atom. The van der Waals surface area contributed by atoms with Gasteiger partial charge in [-0.05, 0) is 55.7 Å². The molecule has 0 atom stereocenters. The van der Waals surface area contributed by atoms with Gasteiger partial charge in [0, 0.05) is 33.4 Å². The second-order valence-electron chi connectivity index (χ2n) is 7.03. The molecule has 4 nitrogen and oxygen atoms in total. The number of hydrogen-bond acceptors (Lipinski definition) is 4. The molecule has 0 N–H and O–H groups in total. The highest BCUT2D eigenvalue weighted by Gasteiger charge is 2.27. The number of piperidine rings is 1. The van der Waals surface area contributed by atoms with Crippen LogP contribution in [0.2, 0.25) is 10.0 Å². The molecule has 1 saturated heterocycles. The molecule has 2 aromatic carbocycles. The Balaban J connectivity index is 1.62. The van der Waals surface area contributed by atoms with E-state index in [0.29, 0.717) is 48.1 Å². The highest BCUT2D eigenvalue weighted by atomic mass is 79.9. The molecule has 1 aliphatic rings. The summed E-state index contributed by atoms with van der Waals surface area (Å²) in [5, 5.41) is 0.864. The first kappa shape index (κ1) is 24.2. The lowest BCUT2D eigenvalue weighted by molar-refractivity contribution is -0.150. The van der Waals surface area contributed by atoms with E-state index in [0.717, 1.165) is 14.3 Å². The quantitative estimate of drug-likeness (QED) is 0.300. The molecule has 0 spiro atoms. The predicted octanol–water partition coefficient (Wildman–Crippen LogP) is 6.72. The number of halogens is 3. The van der Waals surface area contributed by atoms with Crippen LogP contribution in [0.5, 0.6) is 0 Å². The van der Waals surface area contributed by atoms with Crippen LogP contribution in [-0.4, -0.2) is 36.5 Å². The van der Waals surface area contributed by atoms with Crippen molar-refractivity contribution in [3.05, 3.63) is 62.6 Å². The van der Waals surface area contributed by atoms with Crippen molar-refractivity contribution < 1.29 is 14.3 Å². The highest BCUT2D eigenvalue weighted by molar-refractivity contribution is 9.10. The lowest BCUT2D eigenvalue weighted by Crippen LogP contribution is -2.39. The number of carbonyl (C=O) groups excluding carboxylic acids is 2. The molecule has 3 rings (SSSR count). The first-order chi connectivity index (χ1) is 14.9. The molecule has 31 heavy (non-hydrogen) atoms. The summed E-state index contributed by atoms with van der Waals surface area (Å²) in [4.78, 5) is 28.0. The second kappa shape index (κ2) is 11.4. The number of benzene rings is 2. The van der Waals surface area contributed by atoms with E-state index in [-0.39, 0.29) is 17.8 Å². The van der Waals surface area contributed by atoms with E-state index >= 15 is 0 Å². The van der Waals surface area contributed by atoms with E-state index in [2.05, 4.69) is 15.9 Å². The van der Waals surface area contributed by atoms with E-state index in [4.69, 9.17) is 27.9 Å². The van der Waals surface area contributed by atoms with Crippen LogP contribution in [0, 0.1) is 5.92 Å². The lowest BCUT2D eigenvalue weighted by atomic mass is 9.97. The van der Waals surface area contributed by atoms with Crippen LogP contribution in [0.15, 0.2) is 56.7 Å². The Hall–Kier alpha value is -1.47. The van der Waals surface area contributed by atoms with Crippen LogP contribution in [0.4, 0.5) is 0 Å². The van der Waals surface area contributed by atoms with Crippen molar-refractivity contribution in [3.8, 4) is 0 Å². The summed E-state index contributed by atoms with van der Waals surface area (Å²) in [6.45, 7) is 3.24. The van der Waals surface area contributed by atoms with Gasteiger partial charge in [0.2, 0.25) is 5.91 Å². The van der Waals surface area contributed by atoms with Crippen LogP contribution >= 0.6 is 50.9 Å². The van der Waals surface area contributed by atoms with Gasteiger partial charge in [-0.2, -0.15) is 0 Å². The number of nitrogens with zero attached hydrogens (tertiary/aromatic N) is 1. The van der Waals surface area contributed by atoms with Gasteiger partial charge in [-0.1, -0.05) is 63.0 Å². The second-order valence-corrected chi connectivity index (χ2v) is 9.81. The number of esters is 1. The van der Waals surface area contributed by atoms with E-state index in [1.54, 1.807) is 17.9 Å². The first-order valence-electron chi connectivity index (χ1n) is 9.94. The Kier molecular flexibility index (Phi) is 8.90. The minimum atomic E-state index is -0.174. The summed E-state index contributed by atoms with van der Waals surface area (Å²) in [5.41, 5.74) is 0.681. The van der Waals surface area contributed by atoms with E-state index in [1.165, 1.54) is 17.8 Å². The van der Waals surface area contributed by atoms with Gasteiger partial charge in [-0.15, -0.1) is 0 Å². The molecular weight excluding hydrogens is 521 g/mol. The fourth-order valence-corrected chi connectivity index (χ4v) is 5.31. The molecular formula is C23H22BrCl2NO3S. The summed E-state index contributed by atoms with van der Waals surface area (Å²) < 4.78 is 6.06. The number of ether oxygens (including phenoxy) is 1. The molecule has 2 aromatic rings. The van der Waals surface area contributed by atoms with Gasteiger partial charge in [0.1, 0.15) is 0 Å². The summed E-state index contributed by atoms with van der Waals surface area (Å²) in [6.07, 6.45) is 4.42. The first-order valence-corrected chi connectivity index (χ1v) is 12.3. The number of hydrogen-bond donors (Lipinski definition) is 0. The smallest absolute Gasteiger partial charge is 0.309 e. The zero-order valence-corrected chi connectivity index (χ0v) is 20.9. The fourth-order valence-electron chi connectivity index (χ4n) is 3.27. The predicted molar refractivity (Wildman–Crippen MR) is 130 cm³/mol. The molecule has 0 radical (unpaired) electrons. The zero-order chi connectivity index (χ0) is 22.4. The van der Waals surface area contributed by atoms with E-state index in [9.17, 15) is 9.59 Å². The van der Waals surface area contributed by atoms with E-state index in [1.807, 2.05) is 36.4 Å². The average Bonchev–Trinajstić information content (AvgIpc) is 2.76. The summed E-state index contributed by atoms with van der Waals surface area (Å²) in [7, 11) is 0. The van der Waals surface area contributed by atoms with Crippen LogP contribution in [0.1, 0.15) is 25.3 Å². The third kappa shape index (κ3) is 6.51. The Morgan fingerprint density at radius 2 is 1.94 bits per heavy atom. The standard InChI is InChI=1S/C23H22BrCl2NO3S/c1-2-30-23(29)16-10-12-27(13-11-16)20(28)9-7-15-6-8-19(22(26)21(15)25)31-18-5-3-4-17(24)14-18/h3-9,14,16H,2,10-13H2,1H3. The van der Waals surface area contributed by atoms with Crippen molar-refractivity contribution >= 4 is 68.8 Å². The molecule has 0 aromatic heterocycles. The van der Waals surface area contributed by atoms with Crippen molar-refractivity contribution in [2.24, 2.45) is 5.92 Å². The maximum absolute atomic E-state index is 12.5. The number of carbonyl (C=O) groups is 2. The molecule has 1 amide bonds. The van der Waals surface area contributed by atoms with Crippen LogP contribution in [0.3, 0.4) is 0 Å². The van der Waals surface area contributed by atoms with Crippen molar-refractivity contribution in [1.82, 2.24) is 4.90 Å². The maximum Gasteiger partial charge on any atom is 0.309 e. The molecule has 0 aliphatic carbocycles. The van der Waals surface area contributed by atoms with Crippen molar-refractivity contribution in [3.63, 3.8) is 0 Å². The Morgan fingerprint density at radius 3 is 2.61 bits per heavy atom. The largest absolute Gasteiger partial charge is 0.466 e. The molecule has 0 bridgehead atoms. The number of rotatable bonds is 6. The molecule has 0 saturated carbocycles. The average molecular weight is 543 g/mol. The Bertz CT molecular complexity index is 991. The number of amides is 1. The fraction of sp³-hybridized carbons (Fsp3) is 0.304. The van der Waals surface area contributed by atoms with Crippen LogP contribution in [0.25, 0.3) is 6.08 Å². The van der Waals surface area contributed by atoms with Gasteiger partial charge in [-0.25, -0.2) is 0 Å². The minimum absolute atomic E-state index is 0.109. The summed E-state index contributed by atoms with van der Waals surface area (Å²) in [6, 6.07) is 11.7. The van der Waals surface area contributed by atoms with Gasteiger partial charge in [0.05, 0.1) is 22.6 Å². The van der Waals surface area contributed by atoms with Crippen molar-refractivity contribution in [1.29, 1.82) is 0 Å². The van der Waals surface area contributed by atoms with Gasteiger partial charge in [0.15, 0.2) is 0 Å². The summed E-state index contributed by atoms with van der Waals surface area (Å²) in [5.74, 6) is -0.411. The topological polar surface area (TPSA) is 46.6 Å².